The number of rotatable bonds is 9. The van der Waals surface area contributed by atoms with Crippen LogP contribution < -0.4 is 10.6 Å². The zero-order chi connectivity index (χ0) is 27.4. The smallest absolute Gasteiger partial charge is 0.225 e. The van der Waals surface area contributed by atoms with Gasteiger partial charge in [0.2, 0.25) is 5.91 Å². The summed E-state index contributed by atoms with van der Waals surface area (Å²) in [6.07, 6.45) is 11.6. The highest BCUT2D eigenvalue weighted by Gasteiger charge is 2.38. The molecule has 0 unspecified atom stereocenters. The molecule has 0 radical (unpaired) electrons. The Morgan fingerprint density at radius 1 is 1.00 bits per heavy atom. The maximum Gasteiger partial charge on any atom is 0.225 e. The Bertz CT molecular complexity index is 1250. The van der Waals surface area contributed by atoms with Crippen LogP contribution in [0.1, 0.15) is 77.1 Å². The van der Waals surface area contributed by atoms with E-state index in [2.05, 4.69) is 57.8 Å². The number of fused-ring (bicyclic) bond motifs is 1. The van der Waals surface area contributed by atoms with E-state index in [4.69, 9.17) is 10.7 Å². The fraction of sp³-hybridized carbons (Fsp3) is 0.633. The van der Waals surface area contributed by atoms with Crippen molar-refractivity contribution in [3.05, 3.63) is 42.1 Å². The quantitative estimate of drug-likeness (QED) is 0.440. The number of carbonyl (C=O) groups is 1. The molecule has 3 aromatic rings. The summed E-state index contributed by atoms with van der Waals surface area (Å²) >= 11 is 0. The van der Waals surface area contributed by atoms with E-state index in [9.17, 15) is 4.79 Å². The number of piperazine rings is 1. The molecule has 4 heterocycles. The Balaban J connectivity index is 1.20. The summed E-state index contributed by atoms with van der Waals surface area (Å²) in [6, 6.07) is 6.18. The van der Waals surface area contributed by atoms with Gasteiger partial charge in [0.05, 0.1) is 23.8 Å². The molecule has 9 heteroatoms. The van der Waals surface area contributed by atoms with Crippen molar-refractivity contribution in [2.45, 2.75) is 84.2 Å². The van der Waals surface area contributed by atoms with Gasteiger partial charge in [-0.15, -0.1) is 0 Å². The van der Waals surface area contributed by atoms with E-state index in [-0.39, 0.29) is 11.5 Å². The third kappa shape index (κ3) is 5.78. The fourth-order valence-electron chi connectivity index (χ4n) is 6.55. The Hall–Kier alpha value is -3.07. The predicted octanol–water partition coefficient (Wildman–Crippen LogP) is 4.19. The van der Waals surface area contributed by atoms with Crippen molar-refractivity contribution in [2.75, 3.05) is 31.1 Å². The van der Waals surface area contributed by atoms with Crippen LogP contribution in [0.2, 0.25) is 0 Å². The van der Waals surface area contributed by atoms with E-state index in [0.29, 0.717) is 18.4 Å². The van der Waals surface area contributed by atoms with E-state index < -0.39 is 0 Å². The minimum Gasteiger partial charge on any atom is -0.352 e. The molecule has 9 nitrogen and oxygen atoms in total. The lowest BCUT2D eigenvalue weighted by Gasteiger charge is -2.42. The molecule has 0 atom stereocenters. The maximum absolute atomic E-state index is 13.4. The average Bonchev–Trinajstić information content (AvgIpc) is 3.39. The number of hydrogen-bond donors (Lipinski definition) is 1. The van der Waals surface area contributed by atoms with Gasteiger partial charge in [-0.25, -0.2) is 14.6 Å². The van der Waals surface area contributed by atoms with Crippen molar-refractivity contribution in [3.8, 4) is 0 Å². The molecule has 3 aromatic heterocycles. The zero-order valence-corrected chi connectivity index (χ0v) is 23.8. The van der Waals surface area contributed by atoms with Crippen LogP contribution in [0.25, 0.3) is 11.0 Å². The molecule has 0 aromatic carbocycles. The Kier molecular flexibility index (Phi) is 8.45. The van der Waals surface area contributed by atoms with Crippen LogP contribution in [0.15, 0.2) is 30.7 Å². The van der Waals surface area contributed by atoms with E-state index in [1.54, 1.807) is 6.33 Å². The van der Waals surface area contributed by atoms with Crippen molar-refractivity contribution in [3.63, 3.8) is 0 Å². The first-order valence-corrected chi connectivity index (χ1v) is 14.9. The van der Waals surface area contributed by atoms with Gasteiger partial charge in [-0.2, -0.15) is 5.10 Å². The van der Waals surface area contributed by atoms with E-state index in [1.165, 1.54) is 0 Å². The monoisotopic (exact) mass is 532 g/mol. The first-order valence-electron chi connectivity index (χ1n) is 14.9. The lowest BCUT2D eigenvalue weighted by molar-refractivity contribution is -0.137. The number of hydrogen-bond acceptors (Lipinski definition) is 7. The van der Waals surface area contributed by atoms with E-state index >= 15 is 0 Å². The molecule has 210 valence electrons. The zero-order valence-electron chi connectivity index (χ0n) is 23.8. The van der Waals surface area contributed by atoms with Crippen molar-refractivity contribution < 1.29 is 4.79 Å². The van der Waals surface area contributed by atoms with Crippen LogP contribution in [-0.2, 0) is 17.8 Å². The molecular formula is C30H44N8O. The lowest BCUT2D eigenvalue weighted by Crippen LogP contribution is -2.52. The summed E-state index contributed by atoms with van der Waals surface area (Å²) in [5, 5.41) is 5.58. The van der Waals surface area contributed by atoms with Crippen LogP contribution in [0, 0.1) is 11.8 Å². The highest BCUT2D eigenvalue weighted by molar-refractivity contribution is 5.87. The van der Waals surface area contributed by atoms with Crippen LogP contribution in [0.5, 0.6) is 0 Å². The SMILES string of the molecule is CCCc1cccc(Cn2ncc3c(N4CCN(C(=O)C5CCC(C(N)(CC)CC)CC5)CC4)ncnc32)n1. The highest BCUT2D eigenvalue weighted by Crippen LogP contribution is 2.38. The molecule has 5 rings (SSSR count). The summed E-state index contributed by atoms with van der Waals surface area (Å²) in [5.41, 5.74) is 9.51. The number of anilines is 1. The van der Waals surface area contributed by atoms with Crippen LogP contribution in [0.4, 0.5) is 5.82 Å². The van der Waals surface area contributed by atoms with Gasteiger partial charge in [0, 0.05) is 43.3 Å². The third-order valence-electron chi connectivity index (χ3n) is 9.19. The molecule has 0 spiro atoms. The molecule has 1 amide bonds. The normalized spacial score (nSPS) is 20.5. The largest absolute Gasteiger partial charge is 0.352 e. The van der Waals surface area contributed by atoms with Gasteiger partial charge in [0.15, 0.2) is 5.65 Å². The molecule has 1 saturated heterocycles. The van der Waals surface area contributed by atoms with Gasteiger partial charge in [0.25, 0.3) is 0 Å². The van der Waals surface area contributed by atoms with Crippen molar-refractivity contribution in [2.24, 2.45) is 17.6 Å². The first-order chi connectivity index (χ1) is 19.0. The molecule has 0 bridgehead atoms. The Morgan fingerprint density at radius 3 is 2.41 bits per heavy atom. The van der Waals surface area contributed by atoms with Crippen molar-refractivity contribution >= 4 is 22.8 Å². The summed E-state index contributed by atoms with van der Waals surface area (Å²) in [6.45, 7) is 10.1. The molecule has 2 N–H and O–H groups in total. The Labute approximate surface area is 232 Å². The van der Waals surface area contributed by atoms with Gasteiger partial charge < -0.3 is 15.5 Å². The molecule has 1 aliphatic carbocycles. The summed E-state index contributed by atoms with van der Waals surface area (Å²) in [7, 11) is 0. The summed E-state index contributed by atoms with van der Waals surface area (Å²) < 4.78 is 1.90. The van der Waals surface area contributed by atoms with Crippen molar-refractivity contribution in [1.29, 1.82) is 0 Å². The van der Waals surface area contributed by atoms with Gasteiger partial charge in [-0.1, -0.05) is 33.3 Å². The second-order valence-corrected chi connectivity index (χ2v) is 11.4. The van der Waals surface area contributed by atoms with Crippen molar-refractivity contribution in [1.82, 2.24) is 29.6 Å². The summed E-state index contributed by atoms with van der Waals surface area (Å²) in [4.78, 5) is 31.7. The second-order valence-electron chi connectivity index (χ2n) is 11.4. The number of aromatic nitrogens is 5. The molecule has 2 aliphatic rings. The topological polar surface area (TPSA) is 106 Å². The molecular weight excluding hydrogens is 488 g/mol. The number of amides is 1. The van der Waals surface area contributed by atoms with Crippen LogP contribution >= 0.6 is 0 Å². The minimum atomic E-state index is -0.0775. The fourth-order valence-corrected chi connectivity index (χ4v) is 6.55. The molecule has 1 aliphatic heterocycles. The summed E-state index contributed by atoms with van der Waals surface area (Å²) in [5.74, 6) is 1.89. The number of aryl methyl sites for hydroxylation is 1. The maximum atomic E-state index is 13.4. The molecule has 39 heavy (non-hydrogen) atoms. The lowest BCUT2D eigenvalue weighted by atomic mass is 9.69. The minimum absolute atomic E-state index is 0.0775. The number of nitrogens with zero attached hydrogens (tertiary/aromatic N) is 7. The van der Waals surface area contributed by atoms with Gasteiger partial charge in [0.1, 0.15) is 12.1 Å². The standard InChI is InChI=1S/C30H44N8O/c1-4-8-24-9-7-10-25(35-24)20-38-28-26(19-34-38)27(32-21-33-28)36-15-17-37(18-16-36)29(39)22-11-13-23(14-12-22)30(31,5-2)6-3/h7,9-10,19,21-23H,4-6,8,11-18,20,31H2,1-3H3. The van der Waals surface area contributed by atoms with E-state index in [0.717, 1.165) is 106 Å². The van der Waals surface area contributed by atoms with Crippen LogP contribution in [0.3, 0.4) is 0 Å². The average molecular weight is 533 g/mol. The molecule has 2 fully saturated rings. The second kappa shape index (κ2) is 12.0. The first kappa shape index (κ1) is 27.5. The third-order valence-corrected chi connectivity index (χ3v) is 9.19. The van der Waals surface area contributed by atoms with E-state index in [1.807, 2.05) is 16.9 Å². The number of carbonyl (C=O) groups excluding carboxylic acids is 1. The molecule has 1 saturated carbocycles. The Morgan fingerprint density at radius 2 is 1.72 bits per heavy atom. The van der Waals surface area contributed by atoms with Gasteiger partial charge >= 0.3 is 0 Å². The number of nitrogens with two attached hydrogens (primary N) is 1. The predicted molar refractivity (Wildman–Crippen MR) is 154 cm³/mol. The van der Waals surface area contributed by atoms with Gasteiger partial charge in [-0.05, 0) is 63.0 Å². The highest BCUT2D eigenvalue weighted by atomic mass is 16.2. The van der Waals surface area contributed by atoms with Crippen LogP contribution in [-0.4, -0.2) is 67.3 Å². The number of pyridine rings is 1. The van der Waals surface area contributed by atoms with Gasteiger partial charge in [-0.3, -0.25) is 9.78 Å².